The summed E-state index contributed by atoms with van der Waals surface area (Å²) < 4.78 is 0. The molecule has 0 aromatic heterocycles. The predicted octanol–water partition coefficient (Wildman–Crippen LogP) is 1.62. The number of piperidine rings is 1. The molecule has 18 heavy (non-hydrogen) atoms. The highest BCUT2D eigenvalue weighted by atomic mass is 16.3. The topological polar surface area (TPSA) is 35.5 Å². The van der Waals surface area contributed by atoms with Gasteiger partial charge in [0.05, 0.1) is 6.10 Å². The minimum absolute atomic E-state index is 0.235. The molecule has 1 aliphatic rings. The number of nitrogens with zero attached hydrogens (tertiary/aromatic N) is 1. The van der Waals surface area contributed by atoms with Crippen molar-refractivity contribution in [2.45, 2.75) is 38.5 Å². The molecule has 2 rings (SSSR count). The van der Waals surface area contributed by atoms with Crippen LogP contribution >= 0.6 is 0 Å². The lowest BCUT2D eigenvalue weighted by molar-refractivity contribution is 0.0400. The molecule has 0 radical (unpaired) electrons. The van der Waals surface area contributed by atoms with Crippen LogP contribution in [0, 0.1) is 0 Å². The van der Waals surface area contributed by atoms with Gasteiger partial charge in [-0.3, -0.25) is 0 Å². The van der Waals surface area contributed by atoms with Crippen LogP contribution in [0.4, 0.5) is 0 Å². The fourth-order valence-electron chi connectivity index (χ4n) is 2.60. The van der Waals surface area contributed by atoms with Crippen molar-refractivity contribution in [1.82, 2.24) is 10.2 Å². The maximum absolute atomic E-state index is 10.1. The summed E-state index contributed by atoms with van der Waals surface area (Å²) in [6.07, 6.45) is 1.96. The van der Waals surface area contributed by atoms with Crippen LogP contribution in [0.1, 0.15) is 25.3 Å². The van der Waals surface area contributed by atoms with E-state index < -0.39 is 0 Å². The van der Waals surface area contributed by atoms with Gasteiger partial charge in [-0.2, -0.15) is 0 Å². The van der Waals surface area contributed by atoms with Crippen LogP contribution in [0.3, 0.4) is 0 Å². The van der Waals surface area contributed by atoms with Crippen molar-refractivity contribution in [1.29, 1.82) is 0 Å². The first kappa shape index (κ1) is 13.5. The monoisotopic (exact) mass is 248 g/mol. The summed E-state index contributed by atoms with van der Waals surface area (Å²) in [6, 6.07) is 10.6. The molecule has 2 N–H and O–H groups in total. The molecule has 0 amide bonds. The molecule has 1 aromatic carbocycles. The minimum atomic E-state index is -0.242. The molecule has 2 atom stereocenters. The van der Waals surface area contributed by atoms with Crippen LogP contribution < -0.4 is 5.32 Å². The number of β-amino-alcohol motifs (C(OH)–C–C–N with tert-alkyl or cyclic N) is 1. The first-order valence-electron chi connectivity index (χ1n) is 6.97. The van der Waals surface area contributed by atoms with E-state index in [1.807, 2.05) is 6.07 Å². The Bertz CT molecular complexity index is 342. The second-order valence-electron chi connectivity index (χ2n) is 5.13. The lowest BCUT2D eigenvalue weighted by Gasteiger charge is -2.36. The van der Waals surface area contributed by atoms with E-state index in [0.29, 0.717) is 0 Å². The third kappa shape index (κ3) is 3.80. The molecule has 1 fully saturated rings. The molecule has 0 spiro atoms. The van der Waals surface area contributed by atoms with Crippen LogP contribution in [0.2, 0.25) is 0 Å². The van der Waals surface area contributed by atoms with E-state index in [2.05, 4.69) is 41.4 Å². The Balaban J connectivity index is 1.77. The van der Waals surface area contributed by atoms with E-state index in [0.717, 1.165) is 39.0 Å². The van der Waals surface area contributed by atoms with E-state index in [-0.39, 0.29) is 12.1 Å². The summed E-state index contributed by atoms with van der Waals surface area (Å²) in [5.41, 5.74) is 1.28. The fourth-order valence-corrected chi connectivity index (χ4v) is 2.60. The number of rotatable bonds is 5. The van der Waals surface area contributed by atoms with E-state index in [9.17, 15) is 5.11 Å². The van der Waals surface area contributed by atoms with E-state index in [1.165, 1.54) is 5.56 Å². The number of aliphatic hydroxyl groups excluding tert-OH is 1. The summed E-state index contributed by atoms with van der Waals surface area (Å²) in [7, 11) is 0. The lowest BCUT2D eigenvalue weighted by Crippen LogP contribution is -2.52. The number of nitrogens with one attached hydrogen (secondary N) is 1. The van der Waals surface area contributed by atoms with Crippen molar-refractivity contribution >= 4 is 0 Å². The Morgan fingerprint density at radius 3 is 2.78 bits per heavy atom. The average molecular weight is 248 g/mol. The molecule has 0 saturated carbocycles. The summed E-state index contributed by atoms with van der Waals surface area (Å²) in [4.78, 5) is 2.35. The smallest absolute Gasteiger partial charge is 0.0820 e. The summed E-state index contributed by atoms with van der Waals surface area (Å²) >= 11 is 0. The van der Waals surface area contributed by atoms with Gasteiger partial charge in [0, 0.05) is 19.1 Å². The molecule has 100 valence electrons. The van der Waals surface area contributed by atoms with Gasteiger partial charge >= 0.3 is 0 Å². The van der Waals surface area contributed by atoms with Crippen molar-refractivity contribution in [2.24, 2.45) is 0 Å². The molecule has 1 aromatic rings. The van der Waals surface area contributed by atoms with Gasteiger partial charge in [-0.1, -0.05) is 37.3 Å². The van der Waals surface area contributed by atoms with Gasteiger partial charge in [0.1, 0.15) is 0 Å². The maximum Gasteiger partial charge on any atom is 0.0820 e. The molecular weight excluding hydrogens is 224 g/mol. The zero-order chi connectivity index (χ0) is 12.8. The van der Waals surface area contributed by atoms with Crippen LogP contribution in [0.5, 0.6) is 0 Å². The number of hydrogen-bond donors (Lipinski definition) is 2. The number of likely N-dealkylation sites (tertiary alicyclic amines) is 1. The fraction of sp³-hybridized carbons (Fsp3) is 0.600. The van der Waals surface area contributed by atoms with Gasteiger partial charge in [0.2, 0.25) is 0 Å². The molecule has 1 saturated heterocycles. The third-order valence-electron chi connectivity index (χ3n) is 3.62. The van der Waals surface area contributed by atoms with Gasteiger partial charge in [-0.05, 0) is 31.5 Å². The molecule has 0 aliphatic carbocycles. The van der Waals surface area contributed by atoms with Crippen LogP contribution in [0.15, 0.2) is 30.3 Å². The van der Waals surface area contributed by atoms with Gasteiger partial charge in [0.15, 0.2) is 0 Å². The molecular formula is C15H24N2O. The predicted molar refractivity (Wildman–Crippen MR) is 74.4 cm³/mol. The molecule has 1 aliphatic heterocycles. The van der Waals surface area contributed by atoms with E-state index >= 15 is 0 Å². The van der Waals surface area contributed by atoms with Crippen molar-refractivity contribution in [3.63, 3.8) is 0 Å². The highest BCUT2D eigenvalue weighted by Gasteiger charge is 2.26. The van der Waals surface area contributed by atoms with Crippen LogP contribution in [-0.2, 0) is 6.54 Å². The van der Waals surface area contributed by atoms with E-state index in [4.69, 9.17) is 0 Å². The molecule has 0 bridgehead atoms. The highest BCUT2D eigenvalue weighted by Crippen LogP contribution is 2.12. The van der Waals surface area contributed by atoms with Gasteiger partial charge < -0.3 is 15.3 Å². The normalized spacial score (nSPS) is 25.2. The SMILES string of the molecule is CCCN1CC[C@@H](NCc2ccccc2)[C@H](O)C1. The zero-order valence-corrected chi connectivity index (χ0v) is 11.2. The maximum atomic E-state index is 10.1. The van der Waals surface area contributed by atoms with Crippen LogP contribution in [0.25, 0.3) is 0 Å². The Morgan fingerprint density at radius 1 is 1.33 bits per heavy atom. The molecule has 0 unspecified atom stereocenters. The largest absolute Gasteiger partial charge is 0.390 e. The molecule has 1 heterocycles. The molecule has 3 nitrogen and oxygen atoms in total. The Kier molecular flexibility index (Phi) is 5.17. The zero-order valence-electron chi connectivity index (χ0n) is 11.2. The third-order valence-corrected chi connectivity index (χ3v) is 3.62. The standard InChI is InChI=1S/C15H24N2O/c1-2-9-17-10-8-14(15(18)12-17)16-11-13-6-4-3-5-7-13/h3-7,14-16,18H,2,8-12H2,1H3/t14-,15-/m1/s1. The quantitative estimate of drug-likeness (QED) is 0.831. The Morgan fingerprint density at radius 2 is 2.11 bits per heavy atom. The Labute approximate surface area is 110 Å². The van der Waals surface area contributed by atoms with Gasteiger partial charge in [0.25, 0.3) is 0 Å². The first-order valence-corrected chi connectivity index (χ1v) is 6.97. The highest BCUT2D eigenvalue weighted by molar-refractivity contribution is 5.14. The lowest BCUT2D eigenvalue weighted by atomic mass is 10.0. The summed E-state index contributed by atoms with van der Waals surface area (Å²) in [6.45, 7) is 6.03. The van der Waals surface area contributed by atoms with Gasteiger partial charge in [-0.15, -0.1) is 0 Å². The Hall–Kier alpha value is -0.900. The number of hydrogen-bond acceptors (Lipinski definition) is 3. The average Bonchev–Trinajstić information content (AvgIpc) is 2.39. The minimum Gasteiger partial charge on any atom is -0.390 e. The molecule has 3 heteroatoms. The van der Waals surface area contributed by atoms with Crippen molar-refractivity contribution in [3.05, 3.63) is 35.9 Å². The van der Waals surface area contributed by atoms with Gasteiger partial charge in [-0.25, -0.2) is 0 Å². The summed E-state index contributed by atoms with van der Waals surface area (Å²) in [5, 5.41) is 13.6. The van der Waals surface area contributed by atoms with Crippen LogP contribution in [-0.4, -0.2) is 41.8 Å². The van der Waals surface area contributed by atoms with Crippen molar-refractivity contribution < 1.29 is 5.11 Å². The van der Waals surface area contributed by atoms with Crippen molar-refractivity contribution in [3.8, 4) is 0 Å². The first-order chi connectivity index (χ1) is 8.79. The van der Waals surface area contributed by atoms with Crippen molar-refractivity contribution in [2.75, 3.05) is 19.6 Å². The number of benzene rings is 1. The van der Waals surface area contributed by atoms with E-state index in [1.54, 1.807) is 0 Å². The second-order valence-corrected chi connectivity index (χ2v) is 5.13. The number of aliphatic hydroxyl groups is 1. The summed E-state index contributed by atoms with van der Waals surface area (Å²) in [5.74, 6) is 0. The second kappa shape index (κ2) is 6.88.